The molecule has 0 spiro atoms. The molecule has 1 heterocycles. The Kier molecular flexibility index (Phi) is 7.38. The van der Waals surface area contributed by atoms with Gasteiger partial charge in [0.05, 0.1) is 13.7 Å². The largest absolute Gasteiger partial charge is 0.464 e. The number of oxazole rings is 1. The molecule has 0 aliphatic carbocycles. The molecule has 2 aromatic rings. The van der Waals surface area contributed by atoms with Gasteiger partial charge in [0.15, 0.2) is 5.69 Å². The fourth-order valence-electron chi connectivity index (χ4n) is 2.85. The van der Waals surface area contributed by atoms with E-state index in [4.69, 9.17) is 4.42 Å². The van der Waals surface area contributed by atoms with Gasteiger partial charge in [0.2, 0.25) is 5.89 Å². The first-order chi connectivity index (χ1) is 13.3. The normalized spacial score (nSPS) is 11.3. The first-order valence-corrected chi connectivity index (χ1v) is 9.68. The standard InChI is InChI=1S/C22H30N2O4/c1-6-7-8-13-24(14-19-23-18(15-28-19)21(26)27-5)20(25)16-9-11-17(12-10-16)22(2,3)4/h9-12,15H,6-8,13-14H2,1-5H3. The lowest BCUT2D eigenvalue weighted by Gasteiger charge is -2.23. The molecule has 0 bridgehead atoms. The van der Waals surface area contributed by atoms with E-state index >= 15 is 0 Å². The monoisotopic (exact) mass is 386 g/mol. The summed E-state index contributed by atoms with van der Waals surface area (Å²) >= 11 is 0. The third-order valence-corrected chi connectivity index (χ3v) is 4.59. The molecule has 1 aromatic heterocycles. The molecule has 0 aliphatic rings. The number of carbonyl (C=O) groups excluding carboxylic acids is 2. The Morgan fingerprint density at radius 1 is 1.14 bits per heavy atom. The maximum atomic E-state index is 13.1. The Balaban J connectivity index is 2.18. The molecule has 0 N–H and O–H groups in total. The molecule has 0 fully saturated rings. The van der Waals surface area contributed by atoms with Crippen LogP contribution in [-0.2, 0) is 16.7 Å². The fraction of sp³-hybridized carbons (Fsp3) is 0.500. The van der Waals surface area contributed by atoms with Gasteiger partial charge in [-0.15, -0.1) is 0 Å². The van der Waals surface area contributed by atoms with Crippen molar-refractivity contribution in [3.8, 4) is 0 Å². The van der Waals surface area contributed by atoms with Gasteiger partial charge in [-0.1, -0.05) is 52.7 Å². The van der Waals surface area contributed by atoms with Crippen molar-refractivity contribution < 1.29 is 18.7 Å². The van der Waals surface area contributed by atoms with Crippen molar-refractivity contribution in [2.45, 2.75) is 58.9 Å². The van der Waals surface area contributed by atoms with Gasteiger partial charge in [-0.3, -0.25) is 4.79 Å². The zero-order valence-corrected chi connectivity index (χ0v) is 17.4. The van der Waals surface area contributed by atoms with Crippen LogP contribution in [0.5, 0.6) is 0 Å². The molecule has 152 valence electrons. The number of nitrogens with zero attached hydrogens (tertiary/aromatic N) is 2. The predicted molar refractivity (Wildman–Crippen MR) is 107 cm³/mol. The summed E-state index contributed by atoms with van der Waals surface area (Å²) in [6.45, 7) is 9.35. The highest BCUT2D eigenvalue weighted by Crippen LogP contribution is 2.23. The smallest absolute Gasteiger partial charge is 0.360 e. The highest BCUT2D eigenvalue weighted by Gasteiger charge is 2.21. The molecular formula is C22H30N2O4. The van der Waals surface area contributed by atoms with E-state index in [2.05, 4.69) is 37.4 Å². The molecular weight excluding hydrogens is 356 g/mol. The number of rotatable bonds is 8. The number of benzene rings is 1. The fourth-order valence-corrected chi connectivity index (χ4v) is 2.85. The molecule has 1 aromatic carbocycles. The van der Waals surface area contributed by atoms with E-state index in [-0.39, 0.29) is 23.6 Å². The summed E-state index contributed by atoms with van der Waals surface area (Å²) < 4.78 is 10.0. The molecule has 28 heavy (non-hydrogen) atoms. The molecule has 0 aliphatic heterocycles. The van der Waals surface area contributed by atoms with Gasteiger partial charge in [-0.05, 0) is 29.5 Å². The van der Waals surface area contributed by atoms with E-state index in [9.17, 15) is 9.59 Å². The molecule has 6 heteroatoms. The van der Waals surface area contributed by atoms with Crippen molar-refractivity contribution in [2.75, 3.05) is 13.7 Å². The Morgan fingerprint density at radius 2 is 1.82 bits per heavy atom. The van der Waals surface area contributed by atoms with Crippen molar-refractivity contribution in [2.24, 2.45) is 0 Å². The van der Waals surface area contributed by atoms with Crippen molar-refractivity contribution >= 4 is 11.9 Å². The van der Waals surface area contributed by atoms with Gasteiger partial charge < -0.3 is 14.1 Å². The maximum absolute atomic E-state index is 13.1. The van der Waals surface area contributed by atoms with Crippen LogP contribution in [0, 0.1) is 0 Å². The Labute approximate surface area is 166 Å². The maximum Gasteiger partial charge on any atom is 0.360 e. The first-order valence-electron chi connectivity index (χ1n) is 9.68. The van der Waals surface area contributed by atoms with Crippen LogP contribution in [0.25, 0.3) is 0 Å². The van der Waals surface area contributed by atoms with Crippen LogP contribution in [0.15, 0.2) is 34.9 Å². The molecule has 6 nitrogen and oxygen atoms in total. The van der Waals surface area contributed by atoms with Gasteiger partial charge in [0, 0.05) is 12.1 Å². The third-order valence-electron chi connectivity index (χ3n) is 4.59. The second kappa shape index (κ2) is 9.53. The second-order valence-corrected chi connectivity index (χ2v) is 7.88. The quantitative estimate of drug-likeness (QED) is 0.490. The Morgan fingerprint density at radius 3 is 2.39 bits per heavy atom. The lowest BCUT2D eigenvalue weighted by molar-refractivity contribution is 0.0594. The number of esters is 1. The number of ether oxygens (including phenoxy) is 1. The van der Waals surface area contributed by atoms with Crippen LogP contribution in [0.1, 0.15) is 79.3 Å². The number of hydrogen-bond acceptors (Lipinski definition) is 5. The number of carbonyl (C=O) groups is 2. The minimum Gasteiger partial charge on any atom is -0.464 e. The molecule has 1 amide bonds. The molecule has 0 saturated heterocycles. The number of unbranched alkanes of at least 4 members (excludes halogenated alkanes) is 2. The highest BCUT2D eigenvalue weighted by atomic mass is 16.5. The lowest BCUT2D eigenvalue weighted by atomic mass is 9.86. The van der Waals surface area contributed by atoms with Crippen molar-refractivity contribution in [1.29, 1.82) is 0 Å². The minimum atomic E-state index is -0.559. The van der Waals surface area contributed by atoms with Crippen molar-refractivity contribution in [3.63, 3.8) is 0 Å². The number of aromatic nitrogens is 1. The summed E-state index contributed by atoms with van der Waals surface area (Å²) in [5.74, 6) is -0.317. The van der Waals surface area contributed by atoms with E-state index in [0.717, 1.165) is 19.3 Å². The average molecular weight is 386 g/mol. The average Bonchev–Trinajstić information content (AvgIpc) is 3.14. The highest BCUT2D eigenvalue weighted by molar-refractivity contribution is 5.94. The van der Waals surface area contributed by atoms with Crippen molar-refractivity contribution in [1.82, 2.24) is 9.88 Å². The summed E-state index contributed by atoms with van der Waals surface area (Å²) in [4.78, 5) is 30.5. The van der Waals surface area contributed by atoms with Crippen LogP contribution in [0.2, 0.25) is 0 Å². The van der Waals surface area contributed by atoms with Gasteiger partial charge in [-0.25, -0.2) is 9.78 Å². The lowest BCUT2D eigenvalue weighted by Crippen LogP contribution is -2.31. The predicted octanol–water partition coefficient (Wildman–Crippen LogP) is 4.59. The summed E-state index contributed by atoms with van der Waals surface area (Å²) in [5.41, 5.74) is 1.94. The zero-order chi connectivity index (χ0) is 20.7. The second-order valence-electron chi connectivity index (χ2n) is 7.88. The van der Waals surface area contributed by atoms with E-state index < -0.39 is 5.97 Å². The summed E-state index contributed by atoms with van der Waals surface area (Å²) in [5, 5.41) is 0. The molecule has 0 unspecified atom stereocenters. The van der Waals surface area contributed by atoms with Crippen LogP contribution in [-0.4, -0.2) is 35.4 Å². The third kappa shape index (κ3) is 5.68. The van der Waals surface area contributed by atoms with E-state index in [1.165, 1.54) is 18.9 Å². The van der Waals surface area contributed by atoms with E-state index in [1.54, 1.807) is 4.90 Å². The number of hydrogen-bond donors (Lipinski definition) is 0. The van der Waals surface area contributed by atoms with Crippen LogP contribution in [0.4, 0.5) is 0 Å². The Hall–Kier alpha value is -2.63. The summed E-state index contributed by atoms with van der Waals surface area (Å²) in [7, 11) is 1.29. The SMILES string of the molecule is CCCCCN(Cc1nc(C(=O)OC)co1)C(=O)c1ccc(C(C)(C)C)cc1. The van der Waals surface area contributed by atoms with Crippen LogP contribution < -0.4 is 0 Å². The zero-order valence-electron chi connectivity index (χ0n) is 17.4. The number of amides is 1. The van der Waals surface area contributed by atoms with Gasteiger partial charge >= 0.3 is 5.97 Å². The van der Waals surface area contributed by atoms with Gasteiger partial charge in [0.25, 0.3) is 5.91 Å². The molecule has 0 saturated carbocycles. The summed E-state index contributed by atoms with van der Waals surface area (Å²) in [6.07, 6.45) is 4.25. The minimum absolute atomic E-state index is 0.0325. The van der Waals surface area contributed by atoms with E-state index in [0.29, 0.717) is 18.0 Å². The molecule has 0 atom stereocenters. The van der Waals surface area contributed by atoms with E-state index in [1.807, 2.05) is 24.3 Å². The number of methoxy groups -OCH3 is 1. The van der Waals surface area contributed by atoms with Crippen LogP contribution >= 0.6 is 0 Å². The topological polar surface area (TPSA) is 72.6 Å². The van der Waals surface area contributed by atoms with Crippen molar-refractivity contribution in [3.05, 3.63) is 53.2 Å². The first kappa shape index (κ1) is 21.7. The molecule has 0 radical (unpaired) electrons. The molecule has 2 rings (SSSR count). The summed E-state index contributed by atoms with van der Waals surface area (Å²) in [6, 6.07) is 7.73. The van der Waals surface area contributed by atoms with Gasteiger partial charge in [0.1, 0.15) is 6.26 Å². The van der Waals surface area contributed by atoms with Gasteiger partial charge in [-0.2, -0.15) is 0 Å². The Bertz CT molecular complexity index is 788. The van der Waals surface area contributed by atoms with Crippen LogP contribution in [0.3, 0.4) is 0 Å².